The summed E-state index contributed by atoms with van der Waals surface area (Å²) in [7, 11) is 5.98. The first kappa shape index (κ1) is 21.1. The van der Waals surface area contributed by atoms with Gasteiger partial charge in [-0.2, -0.15) is 0 Å². The fourth-order valence-electron chi connectivity index (χ4n) is 3.57. The third-order valence-electron chi connectivity index (χ3n) is 5.01. The molecule has 2 aromatic carbocycles. The zero-order valence-corrected chi connectivity index (χ0v) is 17.6. The molecule has 0 aliphatic carbocycles. The highest BCUT2D eigenvalue weighted by Crippen LogP contribution is 2.44. The largest absolute Gasteiger partial charge is 0.495 e. The molecule has 0 aromatic heterocycles. The van der Waals surface area contributed by atoms with Gasteiger partial charge in [0.2, 0.25) is 5.75 Å². The zero-order valence-electron chi connectivity index (χ0n) is 17.6. The van der Waals surface area contributed by atoms with E-state index in [2.05, 4.69) is 0 Å². The number of carbonyl (C=O) groups excluding carboxylic acids is 2. The van der Waals surface area contributed by atoms with Crippen molar-refractivity contribution in [2.75, 3.05) is 45.6 Å². The molecule has 1 unspecified atom stereocenters. The third kappa shape index (κ3) is 3.32. The van der Waals surface area contributed by atoms with Gasteiger partial charge in [-0.3, -0.25) is 14.6 Å². The van der Waals surface area contributed by atoms with Crippen LogP contribution in [-0.2, 0) is 4.79 Å². The molecule has 1 fully saturated rings. The first-order valence-corrected chi connectivity index (χ1v) is 9.29. The van der Waals surface area contributed by atoms with Gasteiger partial charge in [0, 0.05) is 12.2 Å². The number of carbonyl (C=O) groups is 2. The highest BCUT2D eigenvalue weighted by molar-refractivity contribution is 6.14. The van der Waals surface area contributed by atoms with E-state index < -0.39 is 12.1 Å². The predicted octanol–water partition coefficient (Wildman–Crippen LogP) is 2.83. The lowest BCUT2D eigenvalue weighted by atomic mass is 10.0. The summed E-state index contributed by atoms with van der Waals surface area (Å²) < 4.78 is 21.4. The van der Waals surface area contributed by atoms with Crippen LogP contribution in [-0.4, -0.2) is 51.8 Å². The number of ether oxygens (including phenoxy) is 4. The highest BCUT2D eigenvalue weighted by Gasteiger charge is 2.46. The summed E-state index contributed by atoms with van der Waals surface area (Å²) in [6.07, 6.45) is 0. The second-order valence-electron chi connectivity index (χ2n) is 6.52. The molecular formula is C21H25N3O6. The molecule has 30 heavy (non-hydrogen) atoms. The van der Waals surface area contributed by atoms with E-state index in [0.717, 1.165) is 0 Å². The summed E-state index contributed by atoms with van der Waals surface area (Å²) in [5, 5.41) is 0. The van der Waals surface area contributed by atoms with Crippen molar-refractivity contribution in [3.05, 3.63) is 35.9 Å². The number of nitrogens with two attached hydrogens (primary N) is 1. The van der Waals surface area contributed by atoms with Crippen molar-refractivity contribution < 1.29 is 28.5 Å². The number of methoxy groups -OCH3 is 4. The van der Waals surface area contributed by atoms with E-state index in [1.807, 2.05) is 0 Å². The Balaban J connectivity index is 2.18. The van der Waals surface area contributed by atoms with Gasteiger partial charge in [-0.1, -0.05) is 0 Å². The van der Waals surface area contributed by atoms with Gasteiger partial charge in [0.1, 0.15) is 11.8 Å². The van der Waals surface area contributed by atoms with Crippen LogP contribution in [0, 0.1) is 0 Å². The van der Waals surface area contributed by atoms with Gasteiger partial charge in [-0.05, 0) is 42.8 Å². The molecule has 2 aromatic rings. The maximum absolute atomic E-state index is 13.2. The minimum absolute atomic E-state index is 0.237. The molecule has 1 saturated heterocycles. The molecule has 0 saturated carbocycles. The maximum Gasteiger partial charge on any atom is 0.332 e. The Bertz CT molecular complexity index is 952. The molecule has 0 spiro atoms. The van der Waals surface area contributed by atoms with Gasteiger partial charge < -0.3 is 24.7 Å². The monoisotopic (exact) mass is 415 g/mol. The van der Waals surface area contributed by atoms with Crippen molar-refractivity contribution in [1.82, 2.24) is 4.90 Å². The quantitative estimate of drug-likeness (QED) is 0.548. The molecular weight excluding hydrogens is 390 g/mol. The Morgan fingerprint density at radius 1 is 0.900 bits per heavy atom. The Kier molecular flexibility index (Phi) is 5.91. The lowest BCUT2D eigenvalue weighted by Gasteiger charge is -2.24. The van der Waals surface area contributed by atoms with Crippen LogP contribution in [0.1, 0.15) is 18.5 Å². The molecule has 1 aliphatic heterocycles. The van der Waals surface area contributed by atoms with Crippen LogP contribution in [0.4, 0.5) is 16.2 Å². The molecule has 1 aliphatic rings. The Morgan fingerprint density at radius 2 is 1.50 bits per heavy atom. The molecule has 3 amide bonds. The third-order valence-corrected chi connectivity index (χ3v) is 5.01. The minimum atomic E-state index is -0.918. The van der Waals surface area contributed by atoms with Crippen molar-refractivity contribution in [1.29, 1.82) is 0 Å². The SMILES string of the molecule is CCN1C(=O)C(c2cc(OC)c(OC)c(OC)c2)N(c2ccc(OC)c(N)c2)C1=O. The van der Waals surface area contributed by atoms with Crippen LogP contribution >= 0.6 is 0 Å². The number of urea groups is 1. The molecule has 160 valence electrons. The predicted molar refractivity (Wildman–Crippen MR) is 112 cm³/mol. The van der Waals surface area contributed by atoms with E-state index in [1.165, 1.54) is 38.2 Å². The van der Waals surface area contributed by atoms with Crippen molar-refractivity contribution >= 4 is 23.3 Å². The summed E-state index contributed by atoms with van der Waals surface area (Å²) in [6, 6.07) is 6.92. The smallest absolute Gasteiger partial charge is 0.332 e. The standard InChI is InChI=1S/C21H25N3O6/c1-6-23-20(25)18(12-9-16(28-3)19(30-5)17(10-12)29-4)24(21(23)26)13-7-8-15(27-2)14(22)11-13/h7-11,18H,6,22H2,1-5H3. The van der Waals surface area contributed by atoms with Crippen molar-refractivity contribution in [2.45, 2.75) is 13.0 Å². The fourth-order valence-corrected chi connectivity index (χ4v) is 3.57. The van der Waals surface area contributed by atoms with E-state index in [9.17, 15) is 9.59 Å². The number of hydrogen-bond donors (Lipinski definition) is 1. The lowest BCUT2D eigenvalue weighted by molar-refractivity contribution is -0.127. The maximum atomic E-state index is 13.2. The van der Waals surface area contributed by atoms with Crippen molar-refractivity contribution in [2.24, 2.45) is 0 Å². The first-order valence-electron chi connectivity index (χ1n) is 9.29. The topological polar surface area (TPSA) is 104 Å². The normalized spacial score (nSPS) is 16.1. The zero-order chi connectivity index (χ0) is 22.0. The van der Waals surface area contributed by atoms with Gasteiger partial charge in [0.25, 0.3) is 5.91 Å². The minimum Gasteiger partial charge on any atom is -0.495 e. The number of rotatable bonds is 7. The van der Waals surface area contributed by atoms with E-state index in [1.54, 1.807) is 37.3 Å². The van der Waals surface area contributed by atoms with Gasteiger partial charge in [-0.25, -0.2) is 4.79 Å². The van der Waals surface area contributed by atoms with Gasteiger partial charge >= 0.3 is 6.03 Å². The van der Waals surface area contributed by atoms with E-state index >= 15 is 0 Å². The Hall–Kier alpha value is -3.62. The average Bonchev–Trinajstić information content (AvgIpc) is 3.01. The number of benzene rings is 2. The number of likely N-dealkylation sites (N-methyl/N-ethyl adjacent to an activating group) is 1. The molecule has 9 heteroatoms. The lowest BCUT2D eigenvalue weighted by Crippen LogP contribution is -2.33. The van der Waals surface area contributed by atoms with Crippen LogP contribution < -0.4 is 29.6 Å². The molecule has 9 nitrogen and oxygen atoms in total. The summed E-state index contributed by atoms with van der Waals surface area (Å²) in [5.41, 5.74) is 7.39. The summed E-state index contributed by atoms with van der Waals surface area (Å²) >= 11 is 0. The Morgan fingerprint density at radius 3 is 1.97 bits per heavy atom. The highest BCUT2D eigenvalue weighted by atomic mass is 16.5. The number of hydrogen-bond acceptors (Lipinski definition) is 7. The number of amides is 3. The molecule has 0 radical (unpaired) electrons. The second-order valence-corrected chi connectivity index (χ2v) is 6.52. The number of nitrogens with zero attached hydrogens (tertiary/aromatic N) is 2. The number of anilines is 2. The van der Waals surface area contributed by atoms with E-state index in [4.69, 9.17) is 24.7 Å². The van der Waals surface area contributed by atoms with Crippen LogP contribution in [0.3, 0.4) is 0 Å². The molecule has 1 heterocycles. The van der Waals surface area contributed by atoms with E-state index in [0.29, 0.717) is 39.9 Å². The average molecular weight is 415 g/mol. The fraction of sp³-hybridized carbons (Fsp3) is 0.333. The van der Waals surface area contributed by atoms with Gasteiger partial charge in [0.05, 0.1) is 34.1 Å². The van der Waals surface area contributed by atoms with Crippen molar-refractivity contribution in [3.63, 3.8) is 0 Å². The Labute approximate surface area is 174 Å². The van der Waals surface area contributed by atoms with Crippen LogP contribution in [0.15, 0.2) is 30.3 Å². The summed E-state index contributed by atoms with van der Waals surface area (Å²) in [5.74, 6) is 1.29. The molecule has 2 N–H and O–H groups in total. The molecule has 1 atom stereocenters. The van der Waals surface area contributed by atoms with Crippen LogP contribution in [0.2, 0.25) is 0 Å². The number of nitrogen functional groups attached to an aromatic ring is 1. The summed E-state index contributed by atoms with van der Waals surface area (Å²) in [6.45, 7) is 1.98. The van der Waals surface area contributed by atoms with Crippen LogP contribution in [0.5, 0.6) is 23.0 Å². The van der Waals surface area contributed by atoms with Gasteiger partial charge in [0.15, 0.2) is 11.5 Å². The van der Waals surface area contributed by atoms with Crippen LogP contribution in [0.25, 0.3) is 0 Å². The van der Waals surface area contributed by atoms with Crippen molar-refractivity contribution in [3.8, 4) is 23.0 Å². The second kappa shape index (κ2) is 8.40. The molecule has 3 rings (SSSR count). The first-order chi connectivity index (χ1) is 14.4. The summed E-state index contributed by atoms with van der Waals surface area (Å²) in [4.78, 5) is 28.9. The van der Waals surface area contributed by atoms with E-state index in [-0.39, 0.29) is 12.5 Å². The molecule has 0 bridgehead atoms. The number of imide groups is 1. The van der Waals surface area contributed by atoms with Gasteiger partial charge in [-0.15, -0.1) is 0 Å².